The maximum absolute atomic E-state index is 12.0. The lowest BCUT2D eigenvalue weighted by Crippen LogP contribution is -2.29. The lowest BCUT2D eigenvalue weighted by Gasteiger charge is -2.13. The first kappa shape index (κ1) is 17.0. The second-order valence-electron chi connectivity index (χ2n) is 4.81. The van der Waals surface area contributed by atoms with Gasteiger partial charge >= 0.3 is 0 Å². The van der Waals surface area contributed by atoms with Crippen LogP contribution in [0.2, 0.25) is 0 Å². The Kier molecular flexibility index (Phi) is 6.02. The van der Waals surface area contributed by atoms with E-state index in [0.717, 1.165) is 12.8 Å². The average Bonchev–Trinajstić information content (AvgIpc) is 2.38. The van der Waals surface area contributed by atoms with Crippen LogP contribution in [-0.2, 0) is 9.05 Å². The fourth-order valence-electron chi connectivity index (χ4n) is 1.92. The maximum Gasteiger partial charge on any atom is 0.261 e. The third kappa shape index (κ3) is 4.49. The van der Waals surface area contributed by atoms with Crippen LogP contribution in [-0.4, -0.2) is 20.9 Å². The number of hydrogen-bond donors (Lipinski definition) is 1. The van der Waals surface area contributed by atoms with Crippen molar-refractivity contribution in [1.29, 1.82) is 0 Å². The Morgan fingerprint density at radius 2 is 1.90 bits per heavy atom. The Hall–Kier alpha value is -1.07. The van der Waals surface area contributed by atoms with E-state index in [1.54, 1.807) is 19.1 Å². The Balaban J connectivity index is 2.90. The van der Waals surface area contributed by atoms with Gasteiger partial charge in [-0.25, -0.2) is 8.42 Å². The molecule has 1 rings (SSSR count). The van der Waals surface area contributed by atoms with Crippen molar-refractivity contribution >= 4 is 25.6 Å². The van der Waals surface area contributed by atoms with Gasteiger partial charge in [-0.05, 0) is 30.5 Å². The first-order chi connectivity index (χ1) is 9.29. The molecule has 1 N–H and O–H groups in total. The van der Waals surface area contributed by atoms with E-state index in [4.69, 9.17) is 10.7 Å². The van der Waals surface area contributed by atoms with Gasteiger partial charge in [-0.2, -0.15) is 0 Å². The molecule has 0 bridgehead atoms. The van der Waals surface area contributed by atoms with E-state index < -0.39 is 9.05 Å². The predicted octanol–water partition coefficient (Wildman–Crippen LogP) is 3.09. The normalized spacial score (nSPS) is 11.7. The highest BCUT2D eigenvalue weighted by atomic mass is 35.7. The number of halogens is 1. The summed E-state index contributed by atoms with van der Waals surface area (Å²) in [5.41, 5.74) is 0.831. The number of nitrogens with one attached hydrogen (secondary N) is 1. The fraction of sp³-hybridized carbons (Fsp3) is 0.500. The first-order valence-corrected chi connectivity index (χ1v) is 8.94. The number of carbonyl (C=O) groups is 1. The Morgan fingerprint density at radius 3 is 2.40 bits per heavy atom. The number of aryl methyl sites for hydroxylation is 1. The van der Waals surface area contributed by atoms with Gasteiger partial charge in [0.05, 0.1) is 4.90 Å². The topological polar surface area (TPSA) is 63.2 Å². The molecule has 1 amide bonds. The van der Waals surface area contributed by atoms with Crippen LogP contribution in [0.15, 0.2) is 23.1 Å². The van der Waals surface area contributed by atoms with Crippen LogP contribution < -0.4 is 5.32 Å². The molecule has 0 radical (unpaired) electrons. The van der Waals surface area contributed by atoms with Gasteiger partial charge in [0.15, 0.2) is 0 Å². The van der Waals surface area contributed by atoms with Crippen molar-refractivity contribution in [2.75, 3.05) is 6.54 Å². The monoisotopic (exact) mass is 317 g/mol. The molecule has 0 aliphatic heterocycles. The van der Waals surface area contributed by atoms with Gasteiger partial charge in [-0.1, -0.05) is 32.8 Å². The van der Waals surface area contributed by atoms with Crippen molar-refractivity contribution in [1.82, 2.24) is 5.32 Å². The maximum atomic E-state index is 12.0. The van der Waals surface area contributed by atoms with E-state index in [2.05, 4.69) is 19.2 Å². The van der Waals surface area contributed by atoms with Gasteiger partial charge in [0, 0.05) is 22.8 Å². The van der Waals surface area contributed by atoms with E-state index in [1.165, 1.54) is 6.07 Å². The molecule has 0 aliphatic rings. The van der Waals surface area contributed by atoms with Crippen LogP contribution in [0, 0.1) is 12.8 Å². The van der Waals surface area contributed by atoms with Gasteiger partial charge in [0.2, 0.25) is 0 Å². The molecule has 4 nitrogen and oxygen atoms in total. The van der Waals surface area contributed by atoms with Gasteiger partial charge < -0.3 is 5.32 Å². The summed E-state index contributed by atoms with van der Waals surface area (Å²) in [5, 5.41) is 2.82. The Labute approximate surface area is 124 Å². The van der Waals surface area contributed by atoms with Gasteiger partial charge in [0.25, 0.3) is 15.0 Å². The molecule has 0 spiro atoms. The number of rotatable bonds is 6. The minimum absolute atomic E-state index is 0.0191. The molecular weight excluding hydrogens is 298 g/mol. The molecule has 0 heterocycles. The van der Waals surface area contributed by atoms with Crippen LogP contribution in [0.1, 0.15) is 42.6 Å². The number of carbonyl (C=O) groups excluding carboxylic acids is 1. The lowest BCUT2D eigenvalue weighted by atomic mass is 10.0. The quantitative estimate of drug-likeness (QED) is 0.820. The predicted molar refractivity (Wildman–Crippen MR) is 80.6 cm³/mol. The first-order valence-electron chi connectivity index (χ1n) is 6.63. The lowest BCUT2D eigenvalue weighted by molar-refractivity contribution is 0.0946. The van der Waals surface area contributed by atoms with E-state index >= 15 is 0 Å². The molecule has 0 atom stereocenters. The summed E-state index contributed by atoms with van der Waals surface area (Å²) in [6.07, 6.45) is 1.98. The molecule has 112 valence electrons. The Morgan fingerprint density at radius 1 is 1.30 bits per heavy atom. The summed E-state index contributed by atoms with van der Waals surface area (Å²) in [6.45, 7) is 6.37. The molecule has 0 fully saturated rings. The molecule has 0 aliphatic carbocycles. The average molecular weight is 318 g/mol. The Bertz CT molecular complexity index is 580. The fourth-order valence-corrected chi connectivity index (χ4v) is 3.14. The number of hydrogen-bond acceptors (Lipinski definition) is 3. The molecule has 1 aromatic carbocycles. The van der Waals surface area contributed by atoms with Gasteiger partial charge in [-0.15, -0.1) is 0 Å². The van der Waals surface area contributed by atoms with Crippen molar-refractivity contribution in [2.45, 2.75) is 38.5 Å². The molecule has 20 heavy (non-hydrogen) atoms. The third-order valence-electron chi connectivity index (χ3n) is 3.42. The van der Waals surface area contributed by atoms with Gasteiger partial charge in [0.1, 0.15) is 0 Å². The number of benzene rings is 1. The minimum Gasteiger partial charge on any atom is -0.352 e. The summed E-state index contributed by atoms with van der Waals surface area (Å²) >= 11 is 0. The summed E-state index contributed by atoms with van der Waals surface area (Å²) in [7, 11) is 1.52. The molecule has 0 saturated carbocycles. The summed E-state index contributed by atoms with van der Waals surface area (Å²) in [6, 6.07) is 4.50. The van der Waals surface area contributed by atoms with Crippen LogP contribution in [0.5, 0.6) is 0 Å². The van der Waals surface area contributed by atoms with E-state index in [-0.39, 0.29) is 10.8 Å². The smallest absolute Gasteiger partial charge is 0.261 e. The van der Waals surface area contributed by atoms with Gasteiger partial charge in [-0.3, -0.25) is 4.79 Å². The van der Waals surface area contributed by atoms with Crippen molar-refractivity contribution in [3.63, 3.8) is 0 Å². The SMILES string of the molecule is CCC(CC)CNC(=O)c1ccc(C)c(S(=O)(=O)Cl)c1. The van der Waals surface area contributed by atoms with E-state index in [1.807, 2.05) is 0 Å². The summed E-state index contributed by atoms with van der Waals surface area (Å²) in [4.78, 5) is 12.0. The largest absolute Gasteiger partial charge is 0.352 e. The summed E-state index contributed by atoms with van der Waals surface area (Å²) in [5.74, 6) is 0.152. The van der Waals surface area contributed by atoms with Crippen molar-refractivity contribution in [3.8, 4) is 0 Å². The zero-order valence-electron chi connectivity index (χ0n) is 11.9. The summed E-state index contributed by atoms with van der Waals surface area (Å²) < 4.78 is 22.8. The number of amides is 1. The van der Waals surface area contributed by atoms with Crippen LogP contribution in [0.4, 0.5) is 0 Å². The standard InChI is InChI=1S/C14H20ClNO3S/c1-4-11(5-2)9-16-14(17)12-7-6-10(3)13(8-12)20(15,18)19/h6-8,11H,4-5,9H2,1-3H3,(H,16,17). The third-order valence-corrected chi connectivity index (χ3v) is 4.88. The van der Waals surface area contributed by atoms with Crippen LogP contribution >= 0.6 is 10.7 Å². The highest BCUT2D eigenvalue weighted by molar-refractivity contribution is 8.13. The van der Waals surface area contributed by atoms with Crippen molar-refractivity contribution in [2.24, 2.45) is 5.92 Å². The molecule has 0 saturated heterocycles. The molecule has 1 aromatic rings. The van der Waals surface area contributed by atoms with Crippen LogP contribution in [0.25, 0.3) is 0 Å². The van der Waals surface area contributed by atoms with Crippen LogP contribution in [0.3, 0.4) is 0 Å². The highest BCUT2D eigenvalue weighted by Gasteiger charge is 2.16. The zero-order chi connectivity index (χ0) is 15.3. The zero-order valence-corrected chi connectivity index (χ0v) is 13.5. The molecular formula is C14H20ClNO3S. The molecule has 0 unspecified atom stereocenters. The minimum atomic E-state index is -3.84. The second-order valence-corrected chi connectivity index (χ2v) is 7.35. The van der Waals surface area contributed by atoms with E-state index in [0.29, 0.717) is 23.6 Å². The molecule has 6 heteroatoms. The highest BCUT2D eigenvalue weighted by Crippen LogP contribution is 2.21. The van der Waals surface area contributed by atoms with Crippen molar-refractivity contribution in [3.05, 3.63) is 29.3 Å². The molecule has 0 aromatic heterocycles. The second kappa shape index (κ2) is 7.09. The van der Waals surface area contributed by atoms with Crippen molar-refractivity contribution < 1.29 is 13.2 Å². The van der Waals surface area contributed by atoms with E-state index in [9.17, 15) is 13.2 Å².